The van der Waals surface area contributed by atoms with Crippen molar-refractivity contribution in [2.24, 2.45) is 0 Å². The summed E-state index contributed by atoms with van der Waals surface area (Å²) in [5, 5.41) is 0. The van der Waals surface area contributed by atoms with Crippen LogP contribution in [0.15, 0.2) is 11.6 Å². The summed E-state index contributed by atoms with van der Waals surface area (Å²) in [5.74, 6) is -0.273. The van der Waals surface area contributed by atoms with Gasteiger partial charge in [0.2, 0.25) is 0 Å². The van der Waals surface area contributed by atoms with Crippen LogP contribution in [0.2, 0.25) is 0 Å². The van der Waals surface area contributed by atoms with Crippen molar-refractivity contribution in [2.75, 3.05) is 0 Å². The highest BCUT2D eigenvalue weighted by atomic mass is 16.2. The summed E-state index contributed by atoms with van der Waals surface area (Å²) in [4.78, 5) is 24.2. The summed E-state index contributed by atoms with van der Waals surface area (Å²) in [6.45, 7) is 5.69. The maximum atomic E-state index is 11.6. The van der Waals surface area contributed by atoms with Crippen molar-refractivity contribution in [3.8, 4) is 0 Å². The van der Waals surface area contributed by atoms with Gasteiger partial charge in [-0.3, -0.25) is 14.5 Å². The van der Waals surface area contributed by atoms with Crippen LogP contribution in [0.5, 0.6) is 0 Å². The fraction of sp³-hybridized carbons (Fsp3) is 0.600. The molecule has 0 saturated carbocycles. The molecule has 0 aromatic carbocycles. The minimum atomic E-state index is -0.163. The largest absolute Gasteiger partial charge is 0.273 e. The minimum absolute atomic E-state index is 0.0365. The molecule has 0 aromatic heterocycles. The van der Waals surface area contributed by atoms with Gasteiger partial charge >= 0.3 is 0 Å². The average Bonchev–Trinajstić information content (AvgIpc) is 2.28. The first kappa shape index (κ1) is 9.96. The lowest BCUT2D eigenvalue weighted by atomic mass is 10.1. The number of hydrogen-bond acceptors (Lipinski definition) is 2. The lowest BCUT2D eigenvalue weighted by molar-refractivity contribution is -0.139. The van der Waals surface area contributed by atoms with Gasteiger partial charge in [-0.25, -0.2) is 0 Å². The second kappa shape index (κ2) is 3.73. The smallest absolute Gasteiger partial charge is 0.257 e. The molecule has 72 valence electrons. The van der Waals surface area contributed by atoms with Crippen molar-refractivity contribution >= 4 is 11.8 Å². The van der Waals surface area contributed by atoms with Gasteiger partial charge < -0.3 is 0 Å². The lowest BCUT2D eigenvalue weighted by Gasteiger charge is -2.18. The Bertz CT molecular complexity index is 266. The molecule has 0 radical (unpaired) electrons. The topological polar surface area (TPSA) is 37.4 Å². The molecule has 0 aliphatic carbocycles. The summed E-state index contributed by atoms with van der Waals surface area (Å²) >= 11 is 0. The van der Waals surface area contributed by atoms with Crippen LogP contribution in [0, 0.1) is 0 Å². The van der Waals surface area contributed by atoms with E-state index in [9.17, 15) is 9.59 Å². The molecule has 0 spiro atoms. The quantitative estimate of drug-likeness (QED) is 0.618. The van der Waals surface area contributed by atoms with E-state index in [1.54, 1.807) is 0 Å². The first-order chi connectivity index (χ1) is 6.07. The van der Waals surface area contributed by atoms with Gasteiger partial charge in [-0.2, -0.15) is 0 Å². The van der Waals surface area contributed by atoms with E-state index in [-0.39, 0.29) is 17.9 Å². The minimum Gasteiger partial charge on any atom is -0.273 e. The number of amides is 2. The Labute approximate surface area is 78.4 Å². The van der Waals surface area contributed by atoms with Gasteiger partial charge in [0, 0.05) is 17.7 Å². The highest BCUT2D eigenvalue weighted by Crippen LogP contribution is 2.19. The van der Waals surface area contributed by atoms with E-state index >= 15 is 0 Å². The molecule has 0 fully saturated rings. The Morgan fingerprint density at radius 1 is 1.38 bits per heavy atom. The maximum absolute atomic E-state index is 11.6. The lowest BCUT2D eigenvalue weighted by Crippen LogP contribution is -2.37. The molecular weight excluding hydrogens is 166 g/mol. The fourth-order valence-electron chi connectivity index (χ4n) is 1.47. The van der Waals surface area contributed by atoms with Crippen molar-refractivity contribution in [3.05, 3.63) is 11.6 Å². The van der Waals surface area contributed by atoms with Crippen LogP contribution in [-0.4, -0.2) is 22.8 Å². The van der Waals surface area contributed by atoms with E-state index in [1.807, 2.05) is 20.8 Å². The zero-order chi connectivity index (χ0) is 10.0. The van der Waals surface area contributed by atoms with Gasteiger partial charge in [0.15, 0.2) is 0 Å². The highest BCUT2D eigenvalue weighted by molar-refractivity contribution is 6.16. The Morgan fingerprint density at radius 3 is 2.38 bits per heavy atom. The van der Waals surface area contributed by atoms with E-state index < -0.39 is 0 Å². The summed E-state index contributed by atoms with van der Waals surface area (Å²) in [6, 6.07) is -0.0365. The van der Waals surface area contributed by atoms with Crippen molar-refractivity contribution in [1.82, 2.24) is 4.90 Å². The second-order valence-corrected chi connectivity index (χ2v) is 3.53. The molecule has 1 rings (SSSR count). The first-order valence-corrected chi connectivity index (χ1v) is 4.66. The molecule has 0 bridgehead atoms. The Kier molecular flexibility index (Phi) is 2.86. The molecule has 3 heteroatoms. The standard InChI is InChI=1S/C10H15NO2/c1-4-5-8-6-9(12)11(7(2)3)10(8)13/h6-7H,4-5H2,1-3H3. The zero-order valence-corrected chi connectivity index (χ0v) is 8.33. The van der Waals surface area contributed by atoms with E-state index in [1.165, 1.54) is 11.0 Å². The van der Waals surface area contributed by atoms with Crippen molar-refractivity contribution in [1.29, 1.82) is 0 Å². The zero-order valence-electron chi connectivity index (χ0n) is 8.33. The number of rotatable bonds is 3. The predicted octanol–water partition coefficient (Wildman–Crippen LogP) is 1.49. The van der Waals surface area contributed by atoms with E-state index in [4.69, 9.17) is 0 Å². The summed E-state index contributed by atoms with van der Waals surface area (Å²) in [7, 11) is 0. The fourth-order valence-corrected chi connectivity index (χ4v) is 1.47. The number of nitrogens with zero attached hydrogens (tertiary/aromatic N) is 1. The molecule has 0 unspecified atom stereocenters. The Hall–Kier alpha value is -1.12. The molecule has 3 nitrogen and oxygen atoms in total. The normalized spacial score (nSPS) is 17.2. The SMILES string of the molecule is CCCC1=CC(=O)N(C(C)C)C1=O. The number of hydrogen-bond donors (Lipinski definition) is 0. The number of carbonyl (C=O) groups excluding carboxylic acids is 2. The third kappa shape index (κ3) is 1.79. The van der Waals surface area contributed by atoms with Crippen molar-refractivity contribution in [3.63, 3.8) is 0 Å². The van der Waals surface area contributed by atoms with Gasteiger partial charge in [0.25, 0.3) is 11.8 Å². The van der Waals surface area contributed by atoms with Gasteiger partial charge in [0.05, 0.1) is 0 Å². The van der Waals surface area contributed by atoms with E-state index in [2.05, 4.69) is 0 Å². The molecule has 2 amide bonds. The molecular formula is C10H15NO2. The number of imide groups is 1. The van der Waals surface area contributed by atoms with E-state index in [0.717, 1.165) is 6.42 Å². The molecule has 1 heterocycles. The Morgan fingerprint density at radius 2 is 2.00 bits per heavy atom. The molecule has 1 aliphatic heterocycles. The van der Waals surface area contributed by atoms with Gasteiger partial charge in [0.1, 0.15) is 0 Å². The molecule has 0 aromatic rings. The molecule has 0 saturated heterocycles. The third-order valence-corrected chi connectivity index (χ3v) is 2.06. The maximum Gasteiger partial charge on any atom is 0.257 e. The van der Waals surface area contributed by atoms with E-state index in [0.29, 0.717) is 12.0 Å². The van der Waals surface area contributed by atoms with Crippen LogP contribution in [0.1, 0.15) is 33.6 Å². The van der Waals surface area contributed by atoms with Gasteiger partial charge in [-0.15, -0.1) is 0 Å². The molecule has 1 aliphatic rings. The summed E-state index contributed by atoms with van der Waals surface area (Å²) < 4.78 is 0. The Balaban J connectivity index is 2.80. The monoisotopic (exact) mass is 181 g/mol. The molecule has 13 heavy (non-hydrogen) atoms. The van der Waals surface area contributed by atoms with Crippen LogP contribution >= 0.6 is 0 Å². The first-order valence-electron chi connectivity index (χ1n) is 4.66. The van der Waals surface area contributed by atoms with Crippen LogP contribution in [-0.2, 0) is 9.59 Å². The van der Waals surface area contributed by atoms with Crippen LogP contribution in [0.3, 0.4) is 0 Å². The molecule has 0 N–H and O–H groups in total. The number of carbonyl (C=O) groups is 2. The van der Waals surface area contributed by atoms with Crippen molar-refractivity contribution in [2.45, 2.75) is 39.7 Å². The molecule has 0 atom stereocenters. The van der Waals surface area contributed by atoms with Crippen LogP contribution in [0.25, 0.3) is 0 Å². The third-order valence-electron chi connectivity index (χ3n) is 2.06. The highest BCUT2D eigenvalue weighted by Gasteiger charge is 2.31. The van der Waals surface area contributed by atoms with Crippen LogP contribution < -0.4 is 0 Å². The summed E-state index contributed by atoms with van der Waals surface area (Å²) in [5.41, 5.74) is 0.654. The van der Waals surface area contributed by atoms with Gasteiger partial charge in [-0.1, -0.05) is 13.3 Å². The summed E-state index contributed by atoms with van der Waals surface area (Å²) in [6.07, 6.45) is 3.07. The van der Waals surface area contributed by atoms with Gasteiger partial charge in [-0.05, 0) is 20.3 Å². The van der Waals surface area contributed by atoms with Crippen molar-refractivity contribution < 1.29 is 9.59 Å². The van der Waals surface area contributed by atoms with Crippen LogP contribution in [0.4, 0.5) is 0 Å². The predicted molar refractivity (Wildman–Crippen MR) is 50.0 cm³/mol. The second-order valence-electron chi connectivity index (χ2n) is 3.53. The average molecular weight is 181 g/mol.